The number of thiocarbonyl (C=S) groups is 1. The molecule has 7 N–H and O–H groups in total. The van der Waals surface area contributed by atoms with Crippen LogP contribution in [0.3, 0.4) is 0 Å². The fourth-order valence-corrected chi connectivity index (χ4v) is 16.2. The number of carbonyl (C=O) groups is 3. The van der Waals surface area contributed by atoms with E-state index in [4.69, 9.17) is 55.8 Å². The van der Waals surface area contributed by atoms with E-state index in [1.165, 1.54) is 21.0 Å². The number of hydrogen-bond donors (Lipinski definition) is 6. The molecule has 1 amide bonds. The van der Waals surface area contributed by atoms with Crippen molar-refractivity contribution in [3.8, 4) is 69.6 Å². The Bertz CT molecular complexity index is 3890. The van der Waals surface area contributed by atoms with Gasteiger partial charge in [-0.1, -0.05) is 30.3 Å². The van der Waals surface area contributed by atoms with Gasteiger partial charge < -0.3 is 69.8 Å². The first-order valence-electron chi connectivity index (χ1n) is 30.1. The lowest BCUT2D eigenvalue weighted by molar-refractivity contribution is -0.133. The summed E-state index contributed by atoms with van der Waals surface area (Å²) in [5.74, 6) is 2.75. The third-order valence-electron chi connectivity index (χ3n) is 19.5. The molecule has 8 aliphatic rings. The van der Waals surface area contributed by atoms with Crippen LogP contribution in [0.5, 0.6) is 57.5 Å². The van der Waals surface area contributed by atoms with Crippen molar-refractivity contribution in [2.45, 2.75) is 141 Å². The standard InChI is InChI=1S/C38H42N6O7S.C28H32N4O6/c1-18-12-22-13-25-27(15-39)44-26(31(43(25)5)29(22)32(46)33(18)48-6)14-24-30(36-35(49-17-50-36)19(2)34(24)51-21(4)45)28(44)16-40-37(47)20(3)41-38(52)42-23-10-8-7-9-11-23;1-12-6-15-7-17-19(9-29)32-18(23(31(17)4)21(15)24(34)25(12)35-5)8-16-22(20(32)10-30)28-27(36-11-37-28)13(2)26(16)38-14(3)33/h7-12,20,25-28,31,46H,13-14,16-17H2,1-6H3,(H,40,47)(H2,41,42,52);6,17-20,23,34H,7-8,10-11,30H2,1-5H3/t20-,25+,26?,27+,28+,31+;17-,18?,19-,20-,23-/m10/s1. The molecule has 2 saturated heterocycles. The van der Waals surface area contributed by atoms with Crippen LogP contribution in [0.25, 0.3) is 0 Å². The Hall–Kier alpha value is -8.62. The Morgan fingerprint density at radius 3 is 1.56 bits per heavy atom. The molecule has 2 unspecified atom stereocenters. The maximum absolute atomic E-state index is 13.7. The summed E-state index contributed by atoms with van der Waals surface area (Å²) in [6.45, 7) is 12.3. The molecule has 0 spiro atoms. The Morgan fingerprint density at radius 2 is 1.12 bits per heavy atom. The number of aromatic hydroxyl groups is 2. The number of phenols is 2. The van der Waals surface area contributed by atoms with Gasteiger partial charge in [0.2, 0.25) is 19.5 Å². The number of likely N-dealkylation sites (N-methyl/N-ethyl adjacent to an activating group) is 2. The highest BCUT2D eigenvalue weighted by molar-refractivity contribution is 7.80. The molecule has 13 rings (SSSR count). The molecule has 0 aliphatic carbocycles. The number of amides is 1. The first-order chi connectivity index (χ1) is 43.2. The fraction of sp³-hybridized carbons (Fsp3) is 0.455. The number of carbonyl (C=O) groups excluding carboxylic acids is 3. The van der Waals surface area contributed by atoms with Crippen molar-refractivity contribution >= 4 is 40.9 Å². The predicted molar refractivity (Wildman–Crippen MR) is 332 cm³/mol. The van der Waals surface area contributed by atoms with E-state index in [2.05, 4.69) is 53.8 Å². The highest BCUT2D eigenvalue weighted by Crippen LogP contribution is 2.61. The van der Waals surface area contributed by atoms with Crippen molar-refractivity contribution in [1.82, 2.24) is 30.2 Å². The number of nitrogens with two attached hydrogens (primary N) is 1. The number of para-hydroxylation sites is 1. The van der Waals surface area contributed by atoms with Gasteiger partial charge in [0.25, 0.3) is 0 Å². The summed E-state index contributed by atoms with van der Waals surface area (Å²) < 4.78 is 46.8. The van der Waals surface area contributed by atoms with Crippen LogP contribution >= 0.6 is 12.2 Å². The van der Waals surface area contributed by atoms with E-state index in [-0.39, 0.29) is 80.3 Å². The van der Waals surface area contributed by atoms with Crippen molar-refractivity contribution in [2.75, 3.05) is 60.3 Å². The molecule has 2 fully saturated rings. The second kappa shape index (κ2) is 24.0. The summed E-state index contributed by atoms with van der Waals surface area (Å²) in [5.41, 5.74) is 16.8. The van der Waals surface area contributed by atoms with Crippen molar-refractivity contribution in [3.05, 3.63) is 109 Å². The molecule has 5 aromatic rings. The lowest BCUT2D eigenvalue weighted by atomic mass is 9.71. The maximum Gasteiger partial charge on any atom is 0.308 e. The topological polar surface area (TPSA) is 288 Å². The molecule has 11 atom stereocenters. The molecule has 4 bridgehead atoms. The highest BCUT2D eigenvalue weighted by atomic mass is 32.1. The molecule has 8 heterocycles. The Morgan fingerprint density at radius 1 is 0.678 bits per heavy atom. The lowest BCUT2D eigenvalue weighted by Gasteiger charge is -2.60. The molecule has 23 nitrogen and oxygen atoms in total. The fourth-order valence-electron chi connectivity index (χ4n) is 16.0. The minimum absolute atomic E-state index is 0.0302. The van der Waals surface area contributed by atoms with Gasteiger partial charge in [-0.2, -0.15) is 10.5 Å². The van der Waals surface area contributed by atoms with Crippen molar-refractivity contribution in [1.29, 1.82) is 10.5 Å². The SMILES string of the molecule is COc1c(C)cc2c(c1O)[C@@H]1C3Cc4c(OC(C)=O)c(C)c5c(c4[C@H](CN)N3[C@@H](C#N)[C@H](C2)N1C)OCO5.COc1c(C)cc2c(c1O)[C@@H]1C3Cc4c(OC(C)=O)c(C)c5c(c4[C@H](CNC(=O)[C@@H](C)NC(=S)Nc4ccccc4)N3[C@@H](C#N)[C@H](C2)N1C)OCO5. The number of methoxy groups -OCH3 is 2. The van der Waals surface area contributed by atoms with E-state index < -0.39 is 42.1 Å². The molecular formula is C66H74N10O13S. The molecule has 0 radical (unpaired) electrons. The number of phenolic OH excluding ortho intramolecular Hbond substituents is 2. The monoisotopic (exact) mass is 1250 g/mol. The van der Waals surface area contributed by atoms with E-state index in [0.717, 1.165) is 55.8 Å². The second-order valence-corrected chi connectivity index (χ2v) is 24.8. The lowest BCUT2D eigenvalue weighted by Crippen LogP contribution is -2.69. The Kier molecular flexibility index (Phi) is 16.4. The summed E-state index contributed by atoms with van der Waals surface area (Å²) in [5, 5.41) is 54.2. The van der Waals surface area contributed by atoms with Crippen LogP contribution in [0.2, 0.25) is 0 Å². The number of piperazine rings is 2. The van der Waals surface area contributed by atoms with E-state index in [0.29, 0.717) is 93.5 Å². The van der Waals surface area contributed by atoms with Crippen LogP contribution in [0.1, 0.15) is 112 Å². The number of nitrogens with zero attached hydrogens (tertiary/aromatic N) is 6. The van der Waals surface area contributed by atoms with Gasteiger partial charge in [0.15, 0.2) is 51.1 Å². The quantitative estimate of drug-likeness (QED) is 0.0505. The van der Waals surface area contributed by atoms with Crippen LogP contribution < -0.4 is 59.6 Å². The summed E-state index contributed by atoms with van der Waals surface area (Å²) >= 11 is 5.49. The zero-order valence-electron chi connectivity index (χ0n) is 52.1. The highest BCUT2D eigenvalue weighted by Gasteiger charge is 2.59. The number of nitriles is 2. The maximum atomic E-state index is 13.7. The van der Waals surface area contributed by atoms with Crippen LogP contribution in [0.15, 0.2) is 42.5 Å². The zero-order valence-corrected chi connectivity index (χ0v) is 52.9. The average Bonchev–Trinajstić information content (AvgIpc) is 0.876. The number of anilines is 1. The zero-order chi connectivity index (χ0) is 64.0. The van der Waals surface area contributed by atoms with Gasteiger partial charge in [-0.05, 0) is 121 Å². The van der Waals surface area contributed by atoms with Gasteiger partial charge in [0.1, 0.15) is 29.6 Å². The minimum Gasteiger partial charge on any atom is -0.504 e. The number of hydrogen-bond acceptors (Lipinski definition) is 21. The second-order valence-electron chi connectivity index (χ2n) is 24.4. The van der Waals surface area contributed by atoms with Crippen molar-refractivity contribution in [2.24, 2.45) is 5.73 Å². The van der Waals surface area contributed by atoms with Gasteiger partial charge >= 0.3 is 11.9 Å². The molecule has 8 aliphatic heterocycles. The number of ether oxygens (including phenoxy) is 8. The summed E-state index contributed by atoms with van der Waals surface area (Å²) in [6, 6.07) is 14.3. The average molecular weight is 1250 g/mol. The third kappa shape index (κ3) is 9.86. The molecule has 0 saturated carbocycles. The van der Waals surface area contributed by atoms with Crippen LogP contribution in [-0.4, -0.2) is 150 Å². The summed E-state index contributed by atoms with van der Waals surface area (Å²) in [6.07, 6.45) is 1.94. The Balaban J connectivity index is 0.000000183. The smallest absolute Gasteiger partial charge is 0.308 e. The van der Waals surface area contributed by atoms with Crippen LogP contribution in [0, 0.1) is 50.4 Å². The van der Waals surface area contributed by atoms with Crippen LogP contribution in [-0.2, 0) is 40.1 Å². The van der Waals surface area contributed by atoms with Crippen molar-refractivity contribution in [3.63, 3.8) is 0 Å². The first-order valence-corrected chi connectivity index (χ1v) is 30.5. The van der Waals surface area contributed by atoms with Gasteiger partial charge in [-0.15, -0.1) is 0 Å². The third-order valence-corrected chi connectivity index (χ3v) is 19.7. The van der Waals surface area contributed by atoms with Gasteiger partial charge in [-0.25, -0.2) is 0 Å². The molecule has 0 aromatic heterocycles. The van der Waals surface area contributed by atoms with Crippen LogP contribution in [0.4, 0.5) is 5.69 Å². The van der Waals surface area contributed by atoms with E-state index in [1.807, 2.05) is 78.2 Å². The number of esters is 2. The van der Waals surface area contributed by atoms with E-state index in [9.17, 15) is 35.1 Å². The molecule has 472 valence electrons. The first kappa shape index (κ1) is 61.6. The number of nitrogens with one attached hydrogen (secondary N) is 3. The predicted octanol–water partition coefficient (Wildman–Crippen LogP) is 6.34. The summed E-state index contributed by atoms with van der Waals surface area (Å²) in [4.78, 5) is 47.2. The van der Waals surface area contributed by atoms with E-state index >= 15 is 0 Å². The number of fused-ring (bicyclic) bond motifs is 18. The number of aryl methyl sites for hydroxylation is 2. The normalized spacial score (nSPS) is 24.9. The largest absolute Gasteiger partial charge is 0.504 e. The number of benzene rings is 5. The van der Waals surface area contributed by atoms with E-state index in [1.54, 1.807) is 14.0 Å². The Labute approximate surface area is 527 Å². The number of rotatable bonds is 10. The van der Waals surface area contributed by atoms with Gasteiger partial charge in [-0.3, -0.25) is 34.0 Å². The molecule has 24 heteroatoms. The molecule has 5 aromatic carbocycles. The summed E-state index contributed by atoms with van der Waals surface area (Å²) in [7, 11) is 7.09. The van der Waals surface area contributed by atoms with Gasteiger partial charge in [0.05, 0.1) is 50.5 Å². The van der Waals surface area contributed by atoms with Gasteiger partial charge in [0, 0.05) is 101 Å². The minimum atomic E-state index is -0.708. The van der Waals surface area contributed by atoms with Crippen molar-refractivity contribution < 1.29 is 62.5 Å². The molecule has 90 heavy (non-hydrogen) atoms. The molecular weight excluding hydrogens is 1170 g/mol.